The number of thiazole rings is 1. The molecule has 2 aromatic rings. The topological polar surface area (TPSA) is 85.1 Å². The van der Waals surface area contributed by atoms with E-state index in [1.54, 1.807) is 18.3 Å². The average molecular weight is 303 g/mol. The molecule has 0 fully saturated rings. The zero-order chi connectivity index (χ0) is 13.2. The number of nitrogen functional groups attached to an aromatic ring is 1. The first-order valence-corrected chi connectivity index (χ1v) is 8.42. The molecule has 0 saturated carbocycles. The van der Waals surface area contributed by atoms with Crippen LogP contribution in [0, 0.1) is 6.92 Å². The van der Waals surface area contributed by atoms with Gasteiger partial charge in [-0.2, -0.15) is 0 Å². The molecule has 0 spiro atoms. The molecule has 0 unspecified atom stereocenters. The van der Waals surface area contributed by atoms with E-state index >= 15 is 0 Å². The maximum Gasteiger partial charge on any atom is 0.252 e. The number of aromatic nitrogens is 1. The highest BCUT2D eigenvalue weighted by molar-refractivity contribution is 7.91. The average Bonchev–Trinajstić information content (AvgIpc) is 2.88. The van der Waals surface area contributed by atoms with Gasteiger partial charge in [-0.1, -0.05) is 17.4 Å². The Balaban J connectivity index is 2.02. The molecule has 98 valence electrons. The SMILES string of the molecule is Cc1nc(N)sc1S(=O)(=O)NCCc1cccs1. The van der Waals surface area contributed by atoms with Crippen molar-refractivity contribution in [3.63, 3.8) is 0 Å². The number of nitrogens with zero attached hydrogens (tertiary/aromatic N) is 1. The molecule has 18 heavy (non-hydrogen) atoms. The van der Waals surface area contributed by atoms with Crippen molar-refractivity contribution in [1.82, 2.24) is 9.71 Å². The number of sulfonamides is 1. The van der Waals surface area contributed by atoms with Gasteiger partial charge in [-0.25, -0.2) is 18.1 Å². The molecule has 0 atom stereocenters. The van der Waals surface area contributed by atoms with Crippen molar-refractivity contribution in [2.75, 3.05) is 12.3 Å². The van der Waals surface area contributed by atoms with Gasteiger partial charge >= 0.3 is 0 Å². The Bertz CT molecular complexity index is 617. The summed E-state index contributed by atoms with van der Waals surface area (Å²) in [5.41, 5.74) is 5.94. The van der Waals surface area contributed by atoms with E-state index < -0.39 is 10.0 Å². The molecular formula is C10H13N3O2S3. The van der Waals surface area contributed by atoms with Crippen LogP contribution in [0.1, 0.15) is 10.6 Å². The van der Waals surface area contributed by atoms with Crippen molar-refractivity contribution in [2.45, 2.75) is 17.6 Å². The summed E-state index contributed by atoms with van der Waals surface area (Å²) in [7, 11) is -3.49. The lowest BCUT2D eigenvalue weighted by atomic mass is 10.3. The number of rotatable bonds is 5. The molecule has 2 rings (SSSR count). The van der Waals surface area contributed by atoms with Gasteiger partial charge in [-0.3, -0.25) is 0 Å². The maximum absolute atomic E-state index is 12.0. The van der Waals surface area contributed by atoms with Gasteiger partial charge in [0.05, 0.1) is 5.69 Å². The van der Waals surface area contributed by atoms with Gasteiger partial charge in [0, 0.05) is 11.4 Å². The van der Waals surface area contributed by atoms with E-state index in [4.69, 9.17) is 5.73 Å². The zero-order valence-corrected chi connectivity index (χ0v) is 12.2. The fraction of sp³-hybridized carbons (Fsp3) is 0.300. The van der Waals surface area contributed by atoms with Gasteiger partial charge in [0.15, 0.2) is 9.34 Å². The molecule has 0 bridgehead atoms. The molecule has 2 heterocycles. The minimum atomic E-state index is -3.49. The number of anilines is 1. The van der Waals surface area contributed by atoms with Crippen molar-refractivity contribution >= 4 is 37.8 Å². The third-order valence-electron chi connectivity index (χ3n) is 2.26. The van der Waals surface area contributed by atoms with Crippen LogP contribution in [0.3, 0.4) is 0 Å². The molecule has 0 aliphatic heterocycles. The highest BCUT2D eigenvalue weighted by Gasteiger charge is 2.20. The molecule has 5 nitrogen and oxygen atoms in total. The minimum Gasteiger partial charge on any atom is -0.375 e. The quantitative estimate of drug-likeness (QED) is 0.879. The van der Waals surface area contributed by atoms with Gasteiger partial charge in [0.25, 0.3) is 10.0 Å². The molecule has 0 radical (unpaired) electrons. The van der Waals surface area contributed by atoms with E-state index in [2.05, 4.69) is 9.71 Å². The first-order valence-electron chi connectivity index (χ1n) is 5.24. The summed E-state index contributed by atoms with van der Waals surface area (Å²) in [5, 5.41) is 2.24. The predicted octanol–water partition coefficient (Wildman–Crippen LogP) is 1.62. The number of hydrogen-bond acceptors (Lipinski definition) is 6. The summed E-state index contributed by atoms with van der Waals surface area (Å²) in [5.74, 6) is 0. The van der Waals surface area contributed by atoms with E-state index in [1.807, 2.05) is 17.5 Å². The summed E-state index contributed by atoms with van der Waals surface area (Å²) in [6.45, 7) is 2.01. The first kappa shape index (κ1) is 13.5. The monoisotopic (exact) mass is 303 g/mol. The summed E-state index contributed by atoms with van der Waals surface area (Å²) < 4.78 is 26.8. The molecular weight excluding hydrogens is 290 g/mol. The summed E-state index contributed by atoms with van der Waals surface area (Å²) >= 11 is 2.60. The number of aryl methyl sites for hydroxylation is 1. The second-order valence-corrected chi connectivity index (χ2v) is 7.68. The molecule has 0 aliphatic carbocycles. The second-order valence-electron chi connectivity index (χ2n) is 3.65. The minimum absolute atomic E-state index is 0.200. The number of thiophene rings is 1. The zero-order valence-electron chi connectivity index (χ0n) is 9.71. The maximum atomic E-state index is 12.0. The summed E-state index contributed by atoms with van der Waals surface area (Å²) in [6, 6.07) is 3.93. The molecule has 2 aromatic heterocycles. The Labute approximate surface area is 114 Å². The Morgan fingerprint density at radius 1 is 1.50 bits per heavy atom. The molecule has 3 N–H and O–H groups in total. The van der Waals surface area contributed by atoms with Gasteiger partial charge < -0.3 is 5.73 Å². The normalized spacial score (nSPS) is 11.8. The van der Waals surface area contributed by atoms with Crippen molar-refractivity contribution in [3.8, 4) is 0 Å². The van der Waals surface area contributed by atoms with Crippen molar-refractivity contribution in [1.29, 1.82) is 0 Å². The second kappa shape index (κ2) is 5.35. The molecule has 0 saturated heterocycles. The number of nitrogens with two attached hydrogens (primary N) is 1. The Hall–Kier alpha value is -0.960. The fourth-order valence-electron chi connectivity index (χ4n) is 1.48. The van der Waals surface area contributed by atoms with Crippen LogP contribution in [-0.2, 0) is 16.4 Å². The van der Waals surface area contributed by atoms with Crippen LogP contribution in [0.5, 0.6) is 0 Å². The third kappa shape index (κ3) is 3.08. The Morgan fingerprint density at radius 3 is 2.83 bits per heavy atom. The van der Waals surface area contributed by atoms with Gasteiger partial charge in [0.1, 0.15) is 0 Å². The van der Waals surface area contributed by atoms with Crippen molar-refractivity contribution < 1.29 is 8.42 Å². The third-order valence-corrected chi connectivity index (χ3v) is 6.25. The van der Waals surface area contributed by atoms with Crippen LogP contribution in [-0.4, -0.2) is 19.9 Å². The highest BCUT2D eigenvalue weighted by Crippen LogP contribution is 2.24. The van der Waals surface area contributed by atoms with Crippen LogP contribution >= 0.6 is 22.7 Å². The van der Waals surface area contributed by atoms with E-state index in [-0.39, 0.29) is 9.34 Å². The molecule has 0 aliphatic rings. The lowest BCUT2D eigenvalue weighted by Gasteiger charge is -2.04. The lowest BCUT2D eigenvalue weighted by molar-refractivity contribution is 0.583. The van der Waals surface area contributed by atoms with Crippen LogP contribution < -0.4 is 10.5 Å². The largest absolute Gasteiger partial charge is 0.375 e. The predicted molar refractivity (Wildman–Crippen MR) is 74.5 cm³/mol. The van der Waals surface area contributed by atoms with Crippen LogP contribution in [0.25, 0.3) is 0 Å². The highest BCUT2D eigenvalue weighted by atomic mass is 32.2. The van der Waals surface area contributed by atoms with Crippen molar-refractivity contribution in [2.24, 2.45) is 0 Å². The molecule has 8 heteroatoms. The van der Waals surface area contributed by atoms with E-state index in [0.717, 1.165) is 16.2 Å². The van der Waals surface area contributed by atoms with Gasteiger partial charge in [-0.15, -0.1) is 11.3 Å². The van der Waals surface area contributed by atoms with E-state index in [0.29, 0.717) is 18.7 Å². The standard InChI is InChI=1S/C10H13N3O2S3/c1-7-9(17-10(11)13-7)18(14,15)12-5-4-8-3-2-6-16-8/h2-3,6,12H,4-5H2,1H3,(H2,11,13). The fourth-order valence-corrected chi connectivity index (χ4v) is 4.56. The number of hydrogen-bond donors (Lipinski definition) is 2. The molecule has 0 aromatic carbocycles. The van der Waals surface area contributed by atoms with Crippen LogP contribution in [0.2, 0.25) is 0 Å². The number of nitrogens with one attached hydrogen (secondary N) is 1. The van der Waals surface area contributed by atoms with Gasteiger partial charge in [0.2, 0.25) is 0 Å². The van der Waals surface area contributed by atoms with E-state index in [9.17, 15) is 8.42 Å². The van der Waals surface area contributed by atoms with E-state index in [1.165, 1.54) is 0 Å². The van der Waals surface area contributed by atoms with Crippen LogP contribution in [0.4, 0.5) is 5.13 Å². The smallest absolute Gasteiger partial charge is 0.252 e. The summed E-state index contributed by atoms with van der Waals surface area (Å²) in [6.07, 6.45) is 0.685. The Kier molecular flexibility index (Phi) is 4.00. The first-order chi connectivity index (χ1) is 8.49. The summed E-state index contributed by atoms with van der Waals surface area (Å²) in [4.78, 5) is 5.07. The Morgan fingerprint density at radius 2 is 2.28 bits per heavy atom. The molecule has 0 amide bonds. The lowest BCUT2D eigenvalue weighted by Crippen LogP contribution is -2.25. The van der Waals surface area contributed by atoms with Gasteiger partial charge in [-0.05, 0) is 24.8 Å². The van der Waals surface area contributed by atoms with Crippen LogP contribution in [0.15, 0.2) is 21.7 Å². The van der Waals surface area contributed by atoms with Crippen molar-refractivity contribution in [3.05, 3.63) is 28.1 Å².